The molecule has 3 nitrogen and oxygen atoms in total. The van der Waals surface area contributed by atoms with Gasteiger partial charge in [0.05, 0.1) is 10.9 Å². The Labute approximate surface area is 147 Å². The van der Waals surface area contributed by atoms with Crippen LogP contribution in [0, 0.1) is 18.8 Å². The molecule has 1 heterocycles. The summed E-state index contributed by atoms with van der Waals surface area (Å²) in [5.41, 5.74) is 2.00. The van der Waals surface area contributed by atoms with Crippen molar-refractivity contribution in [3.8, 4) is 0 Å². The molecule has 1 aliphatic heterocycles. The SMILES string of the molecule is Cc1ccc(S(=O)(=O)N2C[C@@H]3C=C[C@@H]3[C@H]2c2cccc(Cl)c2)cc1. The number of hydrogen-bond acceptors (Lipinski definition) is 2. The standard InChI is InChI=1S/C19H18ClNO2S/c1-13-5-8-17(9-6-13)24(22,23)21-12-15-7-10-18(15)19(21)14-3-2-4-16(20)11-14/h2-11,15,18-19H,12H2,1H3/t15-,18-,19+/m0/s1. The second kappa shape index (κ2) is 5.73. The molecule has 1 saturated heterocycles. The first-order valence-corrected chi connectivity index (χ1v) is 9.81. The maximum atomic E-state index is 13.2. The topological polar surface area (TPSA) is 37.4 Å². The second-order valence-electron chi connectivity index (χ2n) is 6.51. The smallest absolute Gasteiger partial charge is 0.207 e. The van der Waals surface area contributed by atoms with Crippen molar-refractivity contribution < 1.29 is 8.42 Å². The van der Waals surface area contributed by atoms with Gasteiger partial charge in [-0.3, -0.25) is 0 Å². The van der Waals surface area contributed by atoms with E-state index in [4.69, 9.17) is 11.6 Å². The fourth-order valence-corrected chi connectivity index (χ4v) is 5.48. The molecule has 0 bridgehead atoms. The fourth-order valence-electron chi connectivity index (χ4n) is 3.60. The van der Waals surface area contributed by atoms with Gasteiger partial charge in [0.25, 0.3) is 0 Å². The Morgan fingerprint density at radius 3 is 2.46 bits per heavy atom. The minimum atomic E-state index is -3.54. The van der Waals surface area contributed by atoms with Crippen LogP contribution in [-0.4, -0.2) is 19.3 Å². The van der Waals surface area contributed by atoms with E-state index in [1.54, 1.807) is 16.4 Å². The van der Waals surface area contributed by atoms with E-state index in [1.807, 2.05) is 43.3 Å². The van der Waals surface area contributed by atoms with Crippen LogP contribution in [0.25, 0.3) is 0 Å². The van der Waals surface area contributed by atoms with E-state index in [2.05, 4.69) is 12.2 Å². The highest BCUT2D eigenvalue weighted by Gasteiger charge is 2.49. The molecule has 0 aromatic heterocycles. The number of rotatable bonds is 3. The molecule has 0 saturated carbocycles. The molecule has 0 N–H and O–H groups in total. The molecule has 2 aromatic carbocycles. The van der Waals surface area contributed by atoms with Gasteiger partial charge in [-0.25, -0.2) is 8.42 Å². The van der Waals surface area contributed by atoms with Crippen LogP contribution in [0.3, 0.4) is 0 Å². The number of aryl methyl sites for hydroxylation is 1. The number of nitrogens with zero attached hydrogens (tertiary/aromatic N) is 1. The Balaban J connectivity index is 1.77. The number of benzene rings is 2. The molecule has 0 radical (unpaired) electrons. The van der Waals surface area contributed by atoms with Crippen molar-refractivity contribution in [3.05, 3.63) is 76.8 Å². The van der Waals surface area contributed by atoms with Gasteiger partial charge in [-0.05, 0) is 42.7 Å². The van der Waals surface area contributed by atoms with Gasteiger partial charge >= 0.3 is 0 Å². The third kappa shape index (κ3) is 2.50. The van der Waals surface area contributed by atoms with Crippen LogP contribution in [0.15, 0.2) is 65.6 Å². The van der Waals surface area contributed by atoms with Gasteiger partial charge in [0, 0.05) is 17.5 Å². The number of sulfonamides is 1. The first-order valence-electron chi connectivity index (χ1n) is 7.99. The van der Waals surface area contributed by atoms with Crippen LogP contribution in [0.2, 0.25) is 5.02 Å². The Bertz CT molecular complexity index is 905. The zero-order chi connectivity index (χ0) is 16.9. The molecule has 2 aromatic rings. The lowest BCUT2D eigenvalue weighted by molar-refractivity contribution is 0.366. The van der Waals surface area contributed by atoms with Crippen LogP contribution in [0.1, 0.15) is 17.2 Å². The summed E-state index contributed by atoms with van der Waals surface area (Å²) in [5.74, 6) is 0.512. The van der Waals surface area contributed by atoms with Crippen LogP contribution in [0.5, 0.6) is 0 Å². The van der Waals surface area contributed by atoms with Gasteiger partial charge < -0.3 is 0 Å². The van der Waals surface area contributed by atoms with Crippen LogP contribution in [-0.2, 0) is 10.0 Å². The molecule has 0 spiro atoms. The summed E-state index contributed by atoms with van der Waals surface area (Å²) in [6.45, 7) is 2.47. The largest absolute Gasteiger partial charge is 0.243 e. The lowest BCUT2D eigenvalue weighted by atomic mass is 9.79. The van der Waals surface area contributed by atoms with E-state index >= 15 is 0 Å². The molecule has 124 valence electrons. The second-order valence-corrected chi connectivity index (χ2v) is 8.84. The average Bonchev–Trinajstić information content (AvgIpc) is 2.79. The number of fused-ring (bicyclic) bond motifs is 1. The molecule has 3 atom stereocenters. The summed E-state index contributed by atoms with van der Waals surface area (Å²) < 4.78 is 28.0. The Morgan fingerprint density at radius 2 is 1.83 bits per heavy atom. The van der Waals surface area contributed by atoms with E-state index < -0.39 is 10.0 Å². The summed E-state index contributed by atoms with van der Waals surface area (Å²) in [5, 5.41) is 0.631. The van der Waals surface area contributed by atoms with Crippen molar-refractivity contribution in [2.45, 2.75) is 17.9 Å². The highest BCUT2D eigenvalue weighted by atomic mass is 35.5. The molecular weight excluding hydrogens is 342 g/mol. The molecule has 24 heavy (non-hydrogen) atoms. The van der Waals surface area contributed by atoms with Gasteiger partial charge in [0.2, 0.25) is 10.0 Å². The summed E-state index contributed by atoms with van der Waals surface area (Å²) in [6, 6.07) is 14.4. The molecule has 5 heteroatoms. The maximum absolute atomic E-state index is 13.2. The molecule has 0 unspecified atom stereocenters. The first kappa shape index (κ1) is 15.9. The monoisotopic (exact) mass is 359 g/mol. The Morgan fingerprint density at radius 1 is 1.08 bits per heavy atom. The van der Waals surface area contributed by atoms with Crippen molar-refractivity contribution in [1.29, 1.82) is 0 Å². The van der Waals surface area contributed by atoms with Crippen molar-refractivity contribution in [2.75, 3.05) is 6.54 Å². The van der Waals surface area contributed by atoms with Gasteiger partial charge in [-0.1, -0.05) is 53.6 Å². The molecule has 2 aliphatic rings. The fraction of sp³-hybridized carbons (Fsp3) is 0.263. The van der Waals surface area contributed by atoms with Crippen LogP contribution < -0.4 is 0 Å². The van der Waals surface area contributed by atoms with Gasteiger partial charge in [-0.2, -0.15) is 4.31 Å². The summed E-state index contributed by atoms with van der Waals surface area (Å²) in [6.07, 6.45) is 4.22. The summed E-state index contributed by atoms with van der Waals surface area (Å²) >= 11 is 6.14. The highest BCUT2D eigenvalue weighted by Crippen LogP contribution is 2.49. The zero-order valence-electron chi connectivity index (χ0n) is 13.3. The summed E-state index contributed by atoms with van der Waals surface area (Å²) in [4.78, 5) is 0.349. The van der Waals surface area contributed by atoms with Gasteiger partial charge in [-0.15, -0.1) is 0 Å². The molecule has 1 fully saturated rings. The zero-order valence-corrected chi connectivity index (χ0v) is 14.8. The van der Waals surface area contributed by atoms with Crippen molar-refractivity contribution in [1.82, 2.24) is 4.31 Å². The molecule has 4 rings (SSSR count). The third-order valence-electron chi connectivity index (χ3n) is 4.96. The number of halogens is 1. The van der Waals surface area contributed by atoms with Crippen LogP contribution in [0.4, 0.5) is 0 Å². The van der Waals surface area contributed by atoms with Crippen molar-refractivity contribution in [3.63, 3.8) is 0 Å². The molecule has 0 amide bonds. The van der Waals surface area contributed by atoms with E-state index in [0.717, 1.165) is 11.1 Å². The van der Waals surface area contributed by atoms with Crippen molar-refractivity contribution >= 4 is 21.6 Å². The van der Waals surface area contributed by atoms with E-state index in [0.29, 0.717) is 16.5 Å². The quantitative estimate of drug-likeness (QED) is 0.770. The first-order chi connectivity index (χ1) is 11.5. The minimum Gasteiger partial charge on any atom is -0.207 e. The minimum absolute atomic E-state index is 0.190. The Hall–Kier alpha value is -1.62. The van der Waals surface area contributed by atoms with Gasteiger partial charge in [0.1, 0.15) is 0 Å². The maximum Gasteiger partial charge on any atom is 0.243 e. The highest BCUT2D eigenvalue weighted by molar-refractivity contribution is 7.89. The molecular formula is C19H18ClNO2S. The predicted octanol–water partition coefficient (Wildman–Crippen LogP) is 4.20. The van der Waals surface area contributed by atoms with E-state index in [1.165, 1.54) is 0 Å². The van der Waals surface area contributed by atoms with E-state index in [-0.39, 0.29) is 17.9 Å². The average molecular weight is 360 g/mol. The summed E-state index contributed by atoms with van der Waals surface area (Å²) in [7, 11) is -3.54. The van der Waals surface area contributed by atoms with Crippen LogP contribution >= 0.6 is 11.6 Å². The number of hydrogen-bond donors (Lipinski definition) is 0. The van der Waals surface area contributed by atoms with E-state index in [9.17, 15) is 8.42 Å². The normalized spacial score (nSPS) is 26.2. The predicted molar refractivity (Wildman–Crippen MR) is 95.4 cm³/mol. The third-order valence-corrected chi connectivity index (χ3v) is 7.05. The Kier molecular flexibility index (Phi) is 3.79. The lowest BCUT2D eigenvalue weighted by Gasteiger charge is -2.29. The van der Waals surface area contributed by atoms with Crippen molar-refractivity contribution in [2.24, 2.45) is 11.8 Å². The molecule has 1 aliphatic carbocycles. The lowest BCUT2D eigenvalue weighted by Crippen LogP contribution is -2.32. The van der Waals surface area contributed by atoms with Gasteiger partial charge in [0.15, 0.2) is 0 Å².